The average molecular weight is 348 g/mol. The second kappa shape index (κ2) is 5.60. The summed E-state index contributed by atoms with van der Waals surface area (Å²) in [5.41, 5.74) is 0.807. The molecular formula is C12H14BrNO4S. The van der Waals surface area contributed by atoms with Gasteiger partial charge in [0.15, 0.2) is 0 Å². The fourth-order valence-electron chi connectivity index (χ4n) is 2.00. The molecular weight excluding hydrogens is 334 g/mol. The van der Waals surface area contributed by atoms with Crippen LogP contribution in [0, 0.1) is 5.92 Å². The van der Waals surface area contributed by atoms with Crippen molar-refractivity contribution >= 4 is 37.6 Å². The van der Waals surface area contributed by atoms with Crippen LogP contribution in [-0.4, -0.2) is 33.7 Å². The summed E-state index contributed by atoms with van der Waals surface area (Å²) in [7, 11) is -3.50. The molecule has 1 saturated heterocycles. The van der Waals surface area contributed by atoms with Gasteiger partial charge in [-0.05, 0) is 24.6 Å². The summed E-state index contributed by atoms with van der Waals surface area (Å²) in [5, 5.41) is 0. The van der Waals surface area contributed by atoms with E-state index in [1.165, 1.54) is 0 Å². The third-order valence-corrected chi connectivity index (χ3v) is 3.98. The van der Waals surface area contributed by atoms with E-state index in [4.69, 9.17) is 4.18 Å². The van der Waals surface area contributed by atoms with E-state index in [2.05, 4.69) is 15.9 Å². The van der Waals surface area contributed by atoms with Gasteiger partial charge >= 0.3 is 0 Å². The van der Waals surface area contributed by atoms with Gasteiger partial charge in [-0.15, -0.1) is 0 Å². The summed E-state index contributed by atoms with van der Waals surface area (Å²) in [6.07, 6.45) is 1.58. The fourth-order valence-corrected chi connectivity index (χ4v) is 2.80. The molecule has 0 saturated carbocycles. The minimum atomic E-state index is -3.50. The van der Waals surface area contributed by atoms with Crippen molar-refractivity contribution in [1.82, 2.24) is 0 Å². The number of hydrogen-bond acceptors (Lipinski definition) is 4. The van der Waals surface area contributed by atoms with Crippen molar-refractivity contribution in [2.24, 2.45) is 5.92 Å². The molecule has 1 fully saturated rings. The molecule has 1 aliphatic rings. The van der Waals surface area contributed by atoms with Crippen molar-refractivity contribution in [3.8, 4) is 0 Å². The Hall–Kier alpha value is -0.920. The van der Waals surface area contributed by atoms with Crippen LogP contribution in [0.1, 0.15) is 6.42 Å². The molecule has 19 heavy (non-hydrogen) atoms. The summed E-state index contributed by atoms with van der Waals surface area (Å²) in [6, 6.07) is 7.45. The van der Waals surface area contributed by atoms with Gasteiger partial charge < -0.3 is 4.90 Å². The van der Waals surface area contributed by atoms with Crippen LogP contribution in [-0.2, 0) is 19.1 Å². The maximum atomic E-state index is 12.2. The maximum absolute atomic E-state index is 12.2. The van der Waals surface area contributed by atoms with Gasteiger partial charge in [-0.25, -0.2) is 0 Å². The first-order chi connectivity index (χ1) is 8.87. The maximum Gasteiger partial charge on any atom is 0.264 e. The predicted molar refractivity (Wildman–Crippen MR) is 75.4 cm³/mol. The molecule has 0 spiro atoms. The molecule has 1 unspecified atom stereocenters. The van der Waals surface area contributed by atoms with Crippen LogP contribution < -0.4 is 4.90 Å². The largest absolute Gasteiger partial charge is 0.312 e. The summed E-state index contributed by atoms with van der Waals surface area (Å²) in [4.78, 5) is 13.8. The number of carbonyl (C=O) groups is 1. The molecule has 5 nitrogen and oxygen atoms in total. The third-order valence-electron chi connectivity index (χ3n) is 2.92. The van der Waals surface area contributed by atoms with E-state index in [1.807, 2.05) is 24.3 Å². The monoisotopic (exact) mass is 347 g/mol. The summed E-state index contributed by atoms with van der Waals surface area (Å²) in [5.74, 6) is -0.490. The first-order valence-electron chi connectivity index (χ1n) is 5.78. The minimum absolute atomic E-state index is 0.0812. The lowest BCUT2D eigenvalue weighted by atomic mass is 10.1. The Bertz CT molecular complexity index is 587. The van der Waals surface area contributed by atoms with Crippen molar-refractivity contribution in [2.75, 3.05) is 24.3 Å². The average Bonchev–Trinajstić information content (AvgIpc) is 2.67. The highest BCUT2D eigenvalue weighted by atomic mass is 79.9. The lowest BCUT2D eigenvalue weighted by Gasteiger charge is -2.17. The van der Waals surface area contributed by atoms with Crippen molar-refractivity contribution in [3.63, 3.8) is 0 Å². The Morgan fingerprint density at radius 2 is 2.21 bits per heavy atom. The number of nitrogens with zero attached hydrogens (tertiary/aromatic N) is 1. The van der Waals surface area contributed by atoms with Crippen molar-refractivity contribution in [1.29, 1.82) is 0 Å². The molecule has 104 valence electrons. The number of anilines is 1. The highest BCUT2D eigenvalue weighted by Crippen LogP contribution is 2.27. The van der Waals surface area contributed by atoms with Crippen molar-refractivity contribution in [3.05, 3.63) is 28.7 Å². The van der Waals surface area contributed by atoms with E-state index < -0.39 is 16.0 Å². The first kappa shape index (κ1) is 14.5. The third kappa shape index (κ3) is 3.77. The van der Waals surface area contributed by atoms with Gasteiger partial charge in [-0.3, -0.25) is 8.98 Å². The fraction of sp³-hybridized carbons (Fsp3) is 0.417. The molecule has 1 atom stereocenters. The van der Waals surface area contributed by atoms with E-state index in [0.29, 0.717) is 13.0 Å². The van der Waals surface area contributed by atoms with E-state index in [0.717, 1.165) is 16.4 Å². The molecule has 0 aliphatic carbocycles. The molecule has 0 bridgehead atoms. The molecule has 1 aromatic carbocycles. The lowest BCUT2D eigenvalue weighted by molar-refractivity contribution is -0.121. The Labute approximate surface area is 120 Å². The van der Waals surface area contributed by atoms with Crippen LogP contribution >= 0.6 is 15.9 Å². The van der Waals surface area contributed by atoms with E-state index in [9.17, 15) is 13.2 Å². The molecule has 1 heterocycles. The number of rotatable bonds is 4. The highest BCUT2D eigenvalue weighted by Gasteiger charge is 2.33. The zero-order valence-corrected chi connectivity index (χ0v) is 12.8. The van der Waals surface area contributed by atoms with Crippen LogP contribution in [0.25, 0.3) is 0 Å². The van der Waals surface area contributed by atoms with Gasteiger partial charge in [-0.1, -0.05) is 22.0 Å². The van der Waals surface area contributed by atoms with Gasteiger partial charge in [0, 0.05) is 16.7 Å². The molecule has 1 aromatic rings. The number of benzene rings is 1. The van der Waals surface area contributed by atoms with Crippen LogP contribution in [0.5, 0.6) is 0 Å². The molecule has 7 heteroatoms. The first-order valence-corrected chi connectivity index (χ1v) is 8.39. The van der Waals surface area contributed by atoms with Gasteiger partial charge in [0.2, 0.25) is 5.91 Å². The van der Waals surface area contributed by atoms with Crippen molar-refractivity contribution < 1.29 is 17.4 Å². The second-order valence-corrected chi connectivity index (χ2v) is 7.00. The number of hydrogen-bond donors (Lipinski definition) is 0. The topological polar surface area (TPSA) is 63.7 Å². The number of halogens is 1. The Morgan fingerprint density at radius 3 is 2.84 bits per heavy atom. The Morgan fingerprint density at radius 1 is 1.47 bits per heavy atom. The highest BCUT2D eigenvalue weighted by molar-refractivity contribution is 9.10. The summed E-state index contributed by atoms with van der Waals surface area (Å²) < 4.78 is 27.5. The molecule has 1 amide bonds. The smallest absolute Gasteiger partial charge is 0.264 e. The molecule has 1 aliphatic heterocycles. The van der Waals surface area contributed by atoms with Crippen LogP contribution in [0.2, 0.25) is 0 Å². The number of carbonyl (C=O) groups excluding carboxylic acids is 1. The molecule has 0 radical (unpaired) electrons. The van der Waals surface area contributed by atoms with Gasteiger partial charge in [0.25, 0.3) is 10.1 Å². The van der Waals surface area contributed by atoms with Crippen LogP contribution in [0.3, 0.4) is 0 Å². The minimum Gasteiger partial charge on any atom is -0.312 e. The van der Waals surface area contributed by atoms with Gasteiger partial charge in [0.05, 0.1) is 18.8 Å². The van der Waals surface area contributed by atoms with E-state index in [1.54, 1.807) is 4.90 Å². The zero-order valence-electron chi connectivity index (χ0n) is 10.4. The number of amides is 1. The lowest BCUT2D eigenvalue weighted by Crippen LogP contribution is -2.29. The second-order valence-electron chi connectivity index (χ2n) is 4.44. The molecule has 2 rings (SSSR count). The Kier molecular flexibility index (Phi) is 4.27. The molecule has 0 aromatic heterocycles. The molecule has 0 N–H and O–H groups in total. The van der Waals surface area contributed by atoms with Crippen molar-refractivity contribution in [2.45, 2.75) is 6.42 Å². The Balaban J connectivity index is 2.06. The quantitative estimate of drug-likeness (QED) is 0.778. The standard InChI is InChI=1S/C12H14BrNO4S/c1-19(16,17)18-8-9-5-6-14(12(9)15)11-4-2-3-10(13)7-11/h2-4,7,9H,5-6,8H2,1H3. The van der Waals surface area contributed by atoms with Crippen LogP contribution in [0.15, 0.2) is 28.7 Å². The van der Waals surface area contributed by atoms with Gasteiger partial charge in [0.1, 0.15) is 0 Å². The normalized spacial score (nSPS) is 20.0. The predicted octanol–water partition coefficient (Wildman–Crippen LogP) is 1.78. The summed E-state index contributed by atoms with van der Waals surface area (Å²) >= 11 is 3.36. The van der Waals surface area contributed by atoms with Gasteiger partial charge in [-0.2, -0.15) is 8.42 Å². The van der Waals surface area contributed by atoms with E-state index in [-0.39, 0.29) is 12.5 Å². The SMILES string of the molecule is CS(=O)(=O)OCC1CCN(c2cccc(Br)c2)C1=O. The zero-order chi connectivity index (χ0) is 14.0. The van der Waals surface area contributed by atoms with E-state index >= 15 is 0 Å². The summed E-state index contributed by atoms with van der Waals surface area (Å²) in [6.45, 7) is 0.495. The van der Waals surface area contributed by atoms with Crippen LogP contribution in [0.4, 0.5) is 5.69 Å².